The Labute approximate surface area is 192 Å². The number of carbonyl (C=O) groups is 2. The van der Waals surface area contributed by atoms with Gasteiger partial charge in [0.15, 0.2) is 21.4 Å². The molecule has 0 bridgehead atoms. The monoisotopic (exact) mass is 474 g/mol. The predicted molar refractivity (Wildman–Crippen MR) is 123 cm³/mol. The van der Waals surface area contributed by atoms with Gasteiger partial charge in [-0.15, -0.1) is 0 Å². The third kappa shape index (κ3) is 6.10. The van der Waals surface area contributed by atoms with E-state index in [1.54, 1.807) is 36.4 Å². The number of nitrogens with zero attached hydrogens (tertiary/aromatic N) is 1. The molecule has 1 aliphatic heterocycles. The molecule has 0 spiro atoms. The largest absolute Gasteiger partial charge is 0.490 e. The highest BCUT2D eigenvalue weighted by Crippen LogP contribution is 2.31. The summed E-state index contributed by atoms with van der Waals surface area (Å²) >= 11 is 0. The van der Waals surface area contributed by atoms with E-state index in [-0.39, 0.29) is 35.6 Å². The van der Waals surface area contributed by atoms with Crippen LogP contribution in [0.25, 0.3) is 0 Å². The van der Waals surface area contributed by atoms with Crippen LogP contribution in [0, 0.1) is 11.7 Å². The Morgan fingerprint density at radius 1 is 1.15 bits per heavy atom. The van der Waals surface area contributed by atoms with Gasteiger partial charge in [0, 0.05) is 5.69 Å². The van der Waals surface area contributed by atoms with Crippen LogP contribution in [-0.2, 0) is 21.1 Å². The van der Waals surface area contributed by atoms with Gasteiger partial charge in [-0.25, -0.2) is 17.6 Å². The number of sulfone groups is 1. The SMILES string of the molecule is C[C@@H](CS(=O)(=O)CCc1ccc(N2CC(=O)NC2=O)cc1)c1ccc(F)c(OCC2CC2)c1. The summed E-state index contributed by atoms with van der Waals surface area (Å²) in [5.41, 5.74) is 2.13. The van der Waals surface area contributed by atoms with Gasteiger partial charge in [0.2, 0.25) is 5.91 Å². The first-order valence-corrected chi connectivity index (χ1v) is 12.9. The van der Waals surface area contributed by atoms with Crippen molar-refractivity contribution in [2.24, 2.45) is 5.92 Å². The minimum absolute atomic E-state index is 0.0222. The van der Waals surface area contributed by atoms with E-state index < -0.39 is 21.7 Å². The maximum atomic E-state index is 14.0. The fourth-order valence-electron chi connectivity index (χ4n) is 3.76. The number of carbonyl (C=O) groups excluding carboxylic acids is 2. The molecule has 0 unspecified atom stereocenters. The summed E-state index contributed by atoms with van der Waals surface area (Å²) in [6, 6.07) is 11.0. The van der Waals surface area contributed by atoms with Gasteiger partial charge < -0.3 is 4.74 Å². The number of imide groups is 1. The molecule has 2 aromatic carbocycles. The molecule has 1 heterocycles. The first-order valence-electron chi connectivity index (χ1n) is 11.0. The zero-order valence-electron chi connectivity index (χ0n) is 18.4. The molecular formula is C24H27FN2O5S. The highest BCUT2D eigenvalue weighted by Gasteiger charge is 2.28. The summed E-state index contributed by atoms with van der Waals surface area (Å²) in [6.07, 6.45) is 2.54. The molecule has 33 heavy (non-hydrogen) atoms. The zero-order chi connectivity index (χ0) is 23.6. The molecule has 0 radical (unpaired) electrons. The van der Waals surface area contributed by atoms with E-state index in [0.717, 1.165) is 24.0 Å². The Bertz CT molecular complexity index is 1150. The zero-order valence-corrected chi connectivity index (χ0v) is 19.2. The standard InChI is InChI=1S/C24H27FN2O5S/c1-16(19-6-9-21(25)22(12-19)32-14-18-2-3-18)15-33(30,31)11-10-17-4-7-20(8-5-17)27-13-23(28)26-24(27)29/h4-9,12,16,18H,2-3,10-11,13-15H2,1H3,(H,26,28,29)/t16-/m0/s1. The third-order valence-electron chi connectivity index (χ3n) is 5.94. The third-order valence-corrected chi connectivity index (χ3v) is 7.78. The van der Waals surface area contributed by atoms with Crippen molar-refractivity contribution in [3.63, 3.8) is 0 Å². The minimum Gasteiger partial charge on any atom is -0.490 e. The Morgan fingerprint density at radius 3 is 2.52 bits per heavy atom. The van der Waals surface area contributed by atoms with E-state index >= 15 is 0 Å². The number of hydrogen-bond acceptors (Lipinski definition) is 5. The van der Waals surface area contributed by atoms with Gasteiger partial charge in [0.1, 0.15) is 6.54 Å². The van der Waals surface area contributed by atoms with E-state index in [1.165, 1.54) is 11.0 Å². The quantitative estimate of drug-likeness (QED) is 0.533. The molecule has 0 aromatic heterocycles. The number of ether oxygens (including phenoxy) is 1. The molecule has 2 aliphatic rings. The number of rotatable bonds is 10. The van der Waals surface area contributed by atoms with Crippen LogP contribution in [0.1, 0.15) is 36.8 Å². The molecule has 2 fully saturated rings. The molecule has 1 saturated carbocycles. The summed E-state index contributed by atoms with van der Waals surface area (Å²) in [4.78, 5) is 24.4. The van der Waals surface area contributed by atoms with Crippen molar-refractivity contribution in [2.45, 2.75) is 32.1 Å². The van der Waals surface area contributed by atoms with Gasteiger partial charge in [-0.05, 0) is 66.5 Å². The molecular weight excluding hydrogens is 447 g/mol. The lowest BCUT2D eigenvalue weighted by atomic mass is 10.0. The van der Waals surface area contributed by atoms with Crippen molar-refractivity contribution in [3.8, 4) is 5.75 Å². The van der Waals surface area contributed by atoms with Crippen molar-refractivity contribution in [2.75, 3.05) is 29.6 Å². The molecule has 2 aromatic rings. The van der Waals surface area contributed by atoms with Gasteiger partial charge in [0.25, 0.3) is 0 Å². The number of hydrogen-bond donors (Lipinski definition) is 1. The molecule has 176 valence electrons. The molecule has 1 saturated heterocycles. The molecule has 7 nitrogen and oxygen atoms in total. The number of amides is 3. The second kappa shape index (κ2) is 9.51. The average Bonchev–Trinajstić information content (AvgIpc) is 3.54. The molecule has 9 heteroatoms. The van der Waals surface area contributed by atoms with E-state index in [9.17, 15) is 22.4 Å². The normalized spacial score (nSPS) is 17.2. The van der Waals surface area contributed by atoms with Crippen LogP contribution < -0.4 is 15.0 Å². The lowest BCUT2D eigenvalue weighted by molar-refractivity contribution is -0.117. The topological polar surface area (TPSA) is 92.8 Å². The van der Waals surface area contributed by atoms with Crippen molar-refractivity contribution in [1.29, 1.82) is 0 Å². The van der Waals surface area contributed by atoms with Crippen molar-refractivity contribution in [1.82, 2.24) is 5.32 Å². The van der Waals surface area contributed by atoms with Gasteiger partial charge >= 0.3 is 6.03 Å². The summed E-state index contributed by atoms with van der Waals surface area (Å²) < 4.78 is 45.0. The molecule has 4 rings (SSSR count). The van der Waals surface area contributed by atoms with Crippen LogP contribution in [0.3, 0.4) is 0 Å². The van der Waals surface area contributed by atoms with Crippen LogP contribution in [-0.4, -0.2) is 45.0 Å². The summed E-state index contributed by atoms with van der Waals surface area (Å²) in [7, 11) is -3.36. The lowest BCUT2D eigenvalue weighted by Crippen LogP contribution is -2.27. The second-order valence-corrected chi connectivity index (χ2v) is 11.0. The van der Waals surface area contributed by atoms with Crippen molar-refractivity contribution in [3.05, 3.63) is 59.4 Å². The maximum absolute atomic E-state index is 14.0. The summed E-state index contributed by atoms with van der Waals surface area (Å²) in [5, 5.41) is 2.22. The van der Waals surface area contributed by atoms with E-state index in [2.05, 4.69) is 5.32 Å². The van der Waals surface area contributed by atoms with E-state index in [4.69, 9.17) is 4.74 Å². The summed E-state index contributed by atoms with van der Waals surface area (Å²) in [6.45, 7) is 2.28. The second-order valence-electron chi connectivity index (χ2n) is 8.82. The van der Waals surface area contributed by atoms with Crippen LogP contribution in [0.4, 0.5) is 14.9 Å². The van der Waals surface area contributed by atoms with Gasteiger partial charge in [-0.1, -0.05) is 25.1 Å². The van der Waals surface area contributed by atoms with Crippen LogP contribution in [0.5, 0.6) is 5.75 Å². The smallest absolute Gasteiger partial charge is 0.329 e. The maximum Gasteiger partial charge on any atom is 0.329 e. The summed E-state index contributed by atoms with van der Waals surface area (Å²) in [5.74, 6) is -0.485. The van der Waals surface area contributed by atoms with Crippen molar-refractivity contribution < 1.29 is 27.1 Å². The Morgan fingerprint density at radius 2 is 1.88 bits per heavy atom. The predicted octanol–water partition coefficient (Wildman–Crippen LogP) is 3.43. The minimum atomic E-state index is -3.36. The number of halogens is 1. The highest BCUT2D eigenvalue weighted by atomic mass is 32.2. The molecule has 3 amide bonds. The molecule has 1 aliphatic carbocycles. The highest BCUT2D eigenvalue weighted by molar-refractivity contribution is 7.91. The van der Waals surface area contributed by atoms with Crippen LogP contribution >= 0.6 is 0 Å². The number of anilines is 1. The Balaban J connectivity index is 1.33. The van der Waals surface area contributed by atoms with E-state index in [1.807, 2.05) is 6.92 Å². The van der Waals surface area contributed by atoms with Crippen LogP contribution in [0.15, 0.2) is 42.5 Å². The fourth-order valence-corrected chi connectivity index (χ4v) is 5.42. The van der Waals surface area contributed by atoms with Crippen molar-refractivity contribution >= 4 is 27.5 Å². The average molecular weight is 475 g/mol. The van der Waals surface area contributed by atoms with Gasteiger partial charge in [0.05, 0.1) is 18.1 Å². The number of benzene rings is 2. The fraction of sp³-hybridized carbons (Fsp3) is 0.417. The lowest BCUT2D eigenvalue weighted by Gasteiger charge is -2.15. The van der Waals surface area contributed by atoms with Gasteiger partial charge in [-0.2, -0.15) is 0 Å². The van der Waals surface area contributed by atoms with Gasteiger partial charge in [-0.3, -0.25) is 15.0 Å². The number of aryl methyl sites for hydroxylation is 1. The molecule has 1 atom stereocenters. The first-order chi connectivity index (χ1) is 15.7. The Hall–Kier alpha value is -2.94. The number of nitrogens with one attached hydrogen (secondary N) is 1. The van der Waals surface area contributed by atoms with Crippen LogP contribution in [0.2, 0.25) is 0 Å². The first kappa shape index (κ1) is 23.2. The number of urea groups is 1. The van der Waals surface area contributed by atoms with E-state index in [0.29, 0.717) is 24.6 Å². The molecule has 1 N–H and O–H groups in total. The Kier molecular flexibility index (Phi) is 6.69.